The van der Waals surface area contributed by atoms with Crippen molar-refractivity contribution < 1.29 is 14.6 Å². The van der Waals surface area contributed by atoms with E-state index >= 15 is 0 Å². The second kappa shape index (κ2) is 5.38. The SMILES string of the molecule is COc1c(Cl)cc(C)c2cc(/C=C/C(=O)O)c(=O)[nH]c12. The zero-order valence-electron chi connectivity index (χ0n) is 10.9. The molecule has 0 aliphatic heterocycles. The molecule has 20 heavy (non-hydrogen) atoms. The number of carboxylic acids is 1. The number of hydrogen-bond acceptors (Lipinski definition) is 3. The van der Waals surface area contributed by atoms with Crippen molar-refractivity contribution in [3.05, 3.63) is 44.7 Å². The summed E-state index contributed by atoms with van der Waals surface area (Å²) in [4.78, 5) is 25.1. The second-order valence-electron chi connectivity index (χ2n) is 4.22. The van der Waals surface area contributed by atoms with Crippen molar-refractivity contribution in [2.45, 2.75) is 6.92 Å². The molecule has 1 aromatic carbocycles. The average Bonchev–Trinajstić information content (AvgIpc) is 2.37. The smallest absolute Gasteiger partial charge is 0.328 e. The van der Waals surface area contributed by atoms with Crippen LogP contribution in [0.25, 0.3) is 17.0 Å². The molecule has 0 spiro atoms. The summed E-state index contributed by atoms with van der Waals surface area (Å²) >= 11 is 6.06. The van der Waals surface area contributed by atoms with E-state index in [2.05, 4.69) is 4.98 Å². The summed E-state index contributed by atoms with van der Waals surface area (Å²) < 4.78 is 5.19. The zero-order valence-corrected chi connectivity index (χ0v) is 11.6. The standard InChI is InChI=1S/C14H12ClNO4/c1-7-5-10(15)13(20-2)12-9(7)6-8(14(19)16-12)3-4-11(17)18/h3-6H,1-2H3,(H,16,19)(H,17,18)/b4-3+. The maximum absolute atomic E-state index is 11.9. The number of aryl methyl sites for hydroxylation is 1. The van der Waals surface area contributed by atoms with Crippen LogP contribution in [0.15, 0.2) is 23.0 Å². The lowest BCUT2D eigenvalue weighted by atomic mass is 10.1. The van der Waals surface area contributed by atoms with Crippen molar-refractivity contribution >= 4 is 34.5 Å². The second-order valence-corrected chi connectivity index (χ2v) is 4.63. The van der Waals surface area contributed by atoms with E-state index in [1.165, 1.54) is 13.2 Å². The maximum Gasteiger partial charge on any atom is 0.328 e. The summed E-state index contributed by atoms with van der Waals surface area (Å²) in [6.45, 7) is 1.84. The van der Waals surface area contributed by atoms with E-state index in [0.29, 0.717) is 16.3 Å². The first-order chi connectivity index (χ1) is 9.43. The van der Waals surface area contributed by atoms with Crippen LogP contribution in [0, 0.1) is 6.92 Å². The number of carboxylic acid groups (broad SMARTS) is 1. The van der Waals surface area contributed by atoms with Gasteiger partial charge in [-0.2, -0.15) is 0 Å². The Morgan fingerprint density at radius 2 is 2.15 bits per heavy atom. The van der Waals surface area contributed by atoms with Crippen LogP contribution in [0.3, 0.4) is 0 Å². The average molecular weight is 294 g/mol. The van der Waals surface area contributed by atoms with Gasteiger partial charge in [0.15, 0.2) is 5.75 Å². The van der Waals surface area contributed by atoms with Crippen molar-refractivity contribution in [1.29, 1.82) is 0 Å². The third-order valence-electron chi connectivity index (χ3n) is 2.89. The highest BCUT2D eigenvalue weighted by Crippen LogP contribution is 2.33. The first-order valence-corrected chi connectivity index (χ1v) is 6.13. The van der Waals surface area contributed by atoms with E-state index in [1.54, 1.807) is 12.1 Å². The lowest BCUT2D eigenvalue weighted by Crippen LogP contribution is -2.10. The van der Waals surface area contributed by atoms with Crippen LogP contribution in [-0.4, -0.2) is 23.2 Å². The number of halogens is 1. The quantitative estimate of drug-likeness (QED) is 0.853. The fraction of sp³-hybridized carbons (Fsp3) is 0.143. The number of ether oxygens (including phenoxy) is 1. The Balaban J connectivity index is 2.78. The third kappa shape index (κ3) is 2.53. The van der Waals surface area contributed by atoms with Gasteiger partial charge in [-0.15, -0.1) is 0 Å². The van der Waals surface area contributed by atoms with Crippen LogP contribution in [0.4, 0.5) is 0 Å². The highest BCUT2D eigenvalue weighted by Gasteiger charge is 2.12. The topological polar surface area (TPSA) is 79.4 Å². The van der Waals surface area contributed by atoms with Crippen LogP contribution in [0.1, 0.15) is 11.1 Å². The molecule has 0 unspecified atom stereocenters. The molecule has 0 atom stereocenters. The van der Waals surface area contributed by atoms with Gasteiger partial charge in [0, 0.05) is 17.0 Å². The van der Waals surface area contributed by atoms with Crippen LogP contribution in [-0.2, 0) is 4.79 Å². The summed E-state index contributed by atoms with van der Waals surface area (Å²) in [6.07, 6.45) is 2.17. The summed E-state index contributed by atoms with van der Waals surface area (Å²) in [5.41, 5.74) is 1.20. The number of rotatable bonds is 3. The molecule has 0 radical (unpaired) electrons. The molecule has 0 saturated carbocycles. The van der Waals surface area contributed by atoms with Gasteiger partial charge in [-0.05, 0) is 30.7 Å². The number of aromatic nitrogens is 1. The molecule has 0 fully saturated rings. The molecular formula is C14H12ClNO4. The molecule has 2 aromatic rings. The highest BCUT2D eigenvalue weighted by molar-refractivity contribution is 6.33. The molecule has 1 aromatic heterocycles. The van der Waals surface area contributed by atoms with Crippen molar-refractivity contribution in [3.63, 3.8) is 0 Å². The molecule has 0 bridgehead atoms. The van der Waals surface area contributed by atoms with Gasteiger partial charge in [-0.25, -0.2) is 4.79 Å². The molecule has 104 valence electrons. The molecule has 6 heteroatoms. The number of H-pyrrole nitrogens is 1. The van der Waals surface area contributed by atoms with Crippen molar-refractivity contribution in [2.24, 2.45) is 0 Å². The highest BCUT2D eigenvalue weighted by atomic mass is 35.5. The minimum atomic E-state index is -1.12. The van der Waals surface area contributed by atoms with Crippen LogP contribution < -0.4 is 10.3 Å². The third-order valence-corrected chi connectivity index (χ3v) is 3.17. The predicted octanol–water partition coefficient (Wildman–Crippen LogP) is 2.60. The van der Waals surface area contributed by atoms with Gasteiger partial charge in [-0.3, -0.25) is 4.79 Å². The minimum Gasteiger partial charge on any atom is -0.493 e. The van der Waals surface area contributed by atoms with Gasteiger partial charge in [0.25, 0.3) is 5.56 Å². The van der Waals surface area contributed by atoms with Gasteiger partial charge in [-0.1, -0.05) is 11.6 Å². The Kier molecular flexibility index (Phi) is 3.81. The molecule has 2 N–H and O–H groups in total. The Bertz CT molecular complexity index is 777. The summed E-state index contributed by atoms with van der Waals surface area (Å²) in [5.74, 6) is -0.729. The van der Waals surface area contributed by atoms with E-state index in [4.69, 9.17) is 21.4 Å². The van der Waals surface area contributed by atoms with Gasteiger partial charge < -0.3 is 14.8 Å². The van der Waals surface area contributed by atoms with Gasteiger partial charge >= 0.3 is 5.97 Å². The van der Waals surface area contributed by atoms with Crippen LogP contribution in [0.2, 0.25) is 5.02 Å². The van der Waals surface area contributed by atoms with E-state index in [1.807, 2.05) is 6.92 Å². The Hall–Kier alpha value is -2.27. The summed E-state index contributed by atoms with van der Waals surface area (Å²) in [7, 11) is 1.46. The first kappa shape index (κ1) is 14.1. The molecule has 0 saturated heterocycles. The Morgan fingerprint density at radius 1 is 1.45 bits per heavy atom. The zero-order chi connectivity index (χ0) is 14.9. The predicted molar refractivity (Wildman–Crippen MR) is 77.5 cm³/mol. The van der Waals surface area contributed by atoms with Gasteiger partial charge in [0.2, 0.25) is 0 Å². The number of aromatic amines is 1. The fourth-order valence-electron chi connectivity index (χ4n) is 1.97. The van der Waals surface area contributed by atoms with E-state index in [9.17, 15) is 9.59 Å². The monoisotopic (exact) mass is 293 g/mol. The summed E-state index contributed by atoms with van der Waals surface area (Å²) in [6, 6.07) is 3.34. The normalized spacial score (nSPS) is 11.2. The van der Waals surface area contributed by atoms with E-state index in [0.717, 1.165) is 17.0 Å². The van der Waals surface area contributed by atoms with Crippen LogP contribution in [0.5, 0.6) is 5.75 Å². The van der Waals surface area contributed by atoms with Crippen LogP contribution >= 0.6 is 11.6 Å². The van der Waals surface area contributed by atoms with Crippen molar-refractivity contribution in [1.82, 2.24) is 4.98 Å². The summed E-state index contributed by atoms with van der Waals surface area (Å²) in [5, 5.41) is 9.77. The molecule has 0 amide bonds. The number of methoxy groups -OCH3 is 1. The van der Waals surface area contributed by atoms with Crippen molar-refractivity contribution in [2.75, 3.05) is 7.11 Å². The molecule has 1 heterocycles. The first-order valence-electron chi connectivity index (χ1n) is 5.75. The van der Waals surface area contributed by atoms with Gasteiger partial charge in [0.05, 0.1) is 17.6 Å². The lowest BCUT2D eigenvalue weighted by molar-refractivity contribution is -0.131. The number of nitrogens with one attached hydrogen (secondary N) is 1. The molecule has 5 nitrogen and oxygen atoms in total. The van der Waals surface area contributed by atoms with Gasteiger partial charge in [0.1, 0.15) is 0 Å². The molecule has 0 aliphatic rings. The Morgan fingerprint density at radius 3 is 2.75 bits per heavy atom. The maximum atomic E-state index is 11.9. The molecule has 2 rings (SSSR count). The fourth-order valence-corrected chi connectivity index (χ4v) is 2.31. The molecular weight excluding hydrogens is 282 g/mol. The minimum absolute atomic E-state index is 0.257. The van der Waals surface area contributed by atoms with Crippen molar-refractivity contribution in [3.8, 4) is 5.75 Å². The number of hydrogen-bond donors (Lipinski definition) is 2. The number of aliphatic carboxylic acids is 1. The lowest BCUT2D eigenvalue weighted by Gasteiger charge is -2.10. The number of benzene rings is 1. The molecule has 0 aliphatic carbocycles. The van der Waals surface area contributed by atoms with E-state index < -0.39 is 11.5 Å². The Labute approximate surface area is 119 Å². The van der Waals surface area contributed by atoms with E-state index in [-0.39, 0.29) is 5.56 Å². The largest absolute Gasteiger partial charge is 0.493 e. The number of fused-ring (bicyclic) bond motifs is 1. The number of carbonyl (C=O) groups is 1. The number of pyridine rings is 1.